The molecule has 9 N–H and O–H groups in total. The summed E-state index contributed by atoms with van der Waals surface area (Å²) >= 11 is 11.9. The molecule has 0 saturated carbocycles. The van der Waals surface area contributed by atoms with Crippen molar-refractivity contribution in [2.24, 2.45) is 0 Å². The molecular formula is C47H46ClN3O14S. The lowest BCUT2D eigenvalue weighted by molar-refractivity contribution is -0.277. The van der Waals surface area contributed by atoms with E-state index in [4.69, 9.17) is 52.2 Å². The van der Waals surface area contributed by atoms with Crippen molar-refractivity contribution in [3.05, 3.63) is 130 Å². The summed E-state index contributed by atoms with van der Waals surface area (Å²) in [5.41, 5.74) is 3.13. The van der Waals surface area contributed by atoms with Crippen molar-refractivity contribution < 1.29 is 68.6 Å². The highest BCUT2D eigenvalue weighted by molar-refractivity contribution is 7.80. The van der Waals surface area contributed by atoms with Gasteiger partial charge in [-0.1, -0.05) is 35.9 Å². The molecule has 346 valence electrons. The Hall–Kier alpha value is -6.06. The summed E-state index contributed by atoms with van der Waals surface area (Å²) in [5, 5.41) is 69.6. The first-order chi connectivity index (χ1) is 31.9. The fraction of sp³-hybridized carbons (Fsp3) is 0.298. The van der Waals surface area contributed by atoms with E-state index in [9.17, 15) is 40.2 Å². The van der Waals surface area contributed by atoms with Crippen molar-refractivity contribution in [2.45, 2.75) is 42.7 Å². The standard InChI is InChI=1S/C47H46ClN3O14S/c48-35-20-27(6-13-36(35)63-45-42(57)41(56)40(55)39(24-52)64-45)25-2-4-26(5-3-25)43(58)49-15-17-61-19-18-60-16-1-14-50-46(66)51-28-7-10-32-31(21-28)44(59)65-47(32)33-11-8-29(53)22-37(33)62-38-23-30(54)9-12-34(38)47/h2-13,20-23,39-42,45,52-57H,1,14-19,24H2,(H,49,58)(H2,50,51,66)/t39-,40-,41+,42+,45+/m1/s1. The molecule has 0 radical (unpaired) electrons. The minimum atomic E-state index is -1.59. The summed E-state index contributed by atoms with van der Waals surface area (Å²) in [6, 6.07) is 26.2. The number of aromatic hydroxyl groups is 2. The molecular weight excluding hydrogens is 898 g/mol. The molecule has 0 bridgehead atoms. The topological polar surface area (TPSA) is 247 Å². The van der Waals surface area contributed by atoms with Crippen LogP contribution in [0.25, 0.3) is 11.1 Å². The van der Waals surface area contributed by atoms with Crippen LogP contribution in [0.3, 0.4) is 0 Å². The summed E-state index contributed by atoms with van der Waals surface area (Å²) in [4.78, 5) is 26.1. The summed E-state index contributed by atoms with van der Waals surface area (Å²) in [7, 11) is 0. The largest absolute Gasteiger partial charge is 0.508 e. The van der Waals surface area contributed by atoms with Gasteiger partial charge in [0.2, 0.25) is 6.29 Å². The zero-order chi connectivity index (χ0) is 46.5. The number of carbonyl (C=O) groups is 2. The van der Waals surface area contributed by atoms with Gasteiger partial charge in [-0.05, 0) is 90.4 Å². The number of phenolic OH excluding ortho intramolecular Hbond substituents is 2. The predicted molar refractivity (Wildman–Crippen MR) is 242 cm³/mol. The first kappa shape index (κ1) is 46.5. The molecule has 0 aromatic heterocycles. The van der Waals surface area contributed by atoms with Crippen LogP contribution in [-0.2, 0) is 24.5 Å². The number of aliphatic hydroxyl groups excluding tert-OH is 4. The third-order valence-electron chi connectivity index (χ3n) is 11.2. The van der Waals surface area contributed by atoms with E-state index in [1.807, 2.05) is 0 Å². The monoisotopic (exact) mass is 943 g/mol. The van der Waals surface area contributed by atoms with Crippen LogP contribution < -0.4 is 25.4 Å². The molecule has 8 rings (SSSR count). The van der Waals surface area contributed by atoms with Gasteiger partial charge in [0, 0.05) is 59.8 Å². The third-order valence-corrected chi connectivity index (χ3v) is 11.7. The van der Waals surface area contributed by atoms with Gasteiger partial charge in [-0.15, -0.1) is 0 Å². The van der Waals surface area contributed by atoms with Crippen LogP contribution in [0.2, 0.25) is 5.02 Å². The quantitative estimate of drug-likeness (QED) is 0.0380. The minimum absolute atomic E-state index is 0.0263. The second-order valence-corrected chi connectivity index (χ2v) is 16.4. The zero-order valence-electron chi connectivity index (χ0n) is 35.0. The summed E-state index contributed by atoms with van der Waals surface area (Å²) in [6.07, 6.45) is -6.52. The third kappa shape index (κ3) is 9.73. The lowest BCUT2D eigenvalue weighted by atomic mass is 9.77. The number of ether oxygens (including phenoxy) is 6. The molecule has 0 aliphatic carbocycles. The van der Waals surface area contributed by atoms with Crippen molar-refractivity contribution in [3.63, 3.8) is 0 Å². The Kier molecular flexibility index (Phi) is 14.2. The maximum absolute atomic E-state index is 13.4. The average molecular weight is 944 g/mol. The number of halogens is 1. The normalized spacial score (nSPS) is 20.0. The van der Waals surface area contributed by atoms with Crippen molar-refractivity contribution in [1.29, 1.82) is 0 Å². The molecule has 0 unspecified atom stereocenters. The number of esters is 1. The maximum atomic E-state index is 13.4. The van der Waals surface area contributed by atoms with Crippen LogP contribution in [0.5, 0.6) is 28.7 Å². The molecule has 5 aromatic carbocycles. The fourth-order valence-electron chi connectivity index (χ4n) is 7.88. The van der Waals surface area contributed by atoms with Gasteiger partial charge in [0.25, 0.3) is 5.91 Å². The Morgan fingerprint density at radius 3 is 2.09 bits per heavy atom. The van der Waals surface area contributed by atoms with Crippen LogP contribution in [0.4, 0.5) is 5.69 Å². The molecule has 17 nitrogen and oxygen atoms in total. The first-order valence-electron chi connectivity index (χ1n) is 20.9. The lowest BCUT2D eigenvalue weighted by Crippen LogP contribution is -2.60. The molecule has 3 heterocycles. The van der Waals surface area contributed by atoms with Crippen molar-refractivity contribution >= 4 is 46.5 Å². The van der Waals surface area contributed by atoms with Gasteiger partial charge < -0.3 is 75.0 Å². The first-order valence-corrected chi connectivity index (χ1v) is 21.7. The molecule has 3 aliphatic heterocycles. The van der Waals surface area contributed by atoms with Crippen LogP contribution in [-0.4, -0.2) is 124 Å². The Bertz CT molecular complexity index is 2550. The van der Waals surface area contributed by atoms with Gasteiger partial charge in [-0.2, -0.15) is 0 Å². The number of nitrogens with one attached hydrogen (secondary N) is 3. The van der Waals surface area contributed by atoms with Crippen LogP contribution >= 0.6 is 23.8 Å². The van der Waals surface area contributed by atoms with Crippen molar-refractivity contribution in [1.82, 2.24) is 10.6 Å². The Morgan fingerprint density at radius 2 is 1.41 bits per heavy atom. The summed E-state index contributed by atoms with van der Waals surface area (Å²) in [5.74, 6) is -0.129. The predicted octanol–water partition coefficient (Wildman–Crippen LogP) is 4.30. The highest BCUT2D eigenvalue weighted by Crippen LogP contribution is 2.57. The van der Waals surface area contributed by atoms with Gasteiger partial charge in [-0.3, -0.25) is 4.79 Å². The molecule has 1 spiro atoms. The number of rotatable bonds is 16. The molecule has 5 aromatic rings. The maximum Gasteiger partial charge on any atom is 0.340 e. The van der Waals surface area contributed by atoms with E-state index in [2.05, 4.69) is 16.0 Å². The van der Waals surface area contributed by atoms with Gasteiger partial charge in [0.15, 0.2) is 10.7 Å². The highest BCUT2D eigenvalue weighted by Gasteiger charge is 2.54. The van der Waals surface area contributed by atoms with Crippen molar-refractivity contribution in [2.75, 3.05) is 51.4 Å². The van der Waals surface area contributed by atoms with Crippen LogP contribution in [0.1, 0.15) is 43.8 Å². The van der Waals surface area contributed by atoms with Crippen LogP contribution in [0.15, 0.2) is 97.1 Å². The van der Waals surface area contributed by atoms with Gasteiger partial charge >= 0.3 is 5.97 Å². The van der Waals surface area contributed by atoms with E-state index >= 15 is 0 Å². The number of benzene rings is 5. The highest BCUT2D eigenvalue weighted by atomic mass is 35.5. The number of anilines is 1. The Labute approximate surface area is 388 Å². The number of carbonyl (C=O) groups excluding carboxylic acids is 2. The second kappa shape index (κ2) is 20.2. The average Bonchev–Trinajstić information content (AvgIpc) is 3.59. The molecule has 1 fully saturated rings. The lowest BCUT2D eigenvalue weighted by Gasteiger charge is -2.39. The number of aliphatic hydroxyl groups is 4. The Morgan fingerprint density at radius 1 is 0.742 bits per heavy atom. The number of hydrogen-bond donors (Lipinski definition) is 9. The van der Waals surface area contributed by atoms with E-state index in [1.54, 1.807) is 72.8 Å². The van der Waals surface area contributed by atoms with E-state index in [1.165, 1.54) is 24.3 Å². The molecule has 1 amide bonds. The van der Waals surface area contributed by atoms with E-state index < -0.39 is 48.9 Å². The van der Waals surface area contributed by atoms with Crippen molar-refractivity contribution in [3.8, 4) is 39.9 Å². The minimum Gasteiger partial charge on any atom is -0.508 e. The Balaban J connectivity index is 0.712. The number of fused-ring (bicyclic) bond motifs is 6. The zero-order valence-corrected chi connectivity index (χ0v) is 36.6. The SMILES string of the molecule is O=C(NCCOCCOCCCNC(=S)Nc1ccc2c(c1)C(=O)OC21c2ccc(O)cc2Oc2cc(O)ccc21)c1ccc(-c2ccc(O[C@H]3O[C@H](CO)[C@@H](O)[C@H](O)[C@@H]3O)c(Cl)c2)cc1. The molecule has 1 saturated heterocycles. The smallest absolute Gasteiger partial charge is 0.340 e. The summed E-state index contributed by atoms with van der Waals surface area (Å²) < 4.78 is 34.5. The van der Waals surface area contributed by atoms with E-state index in [-0.39, 0.29) is 34.8 Å². The molecule has 66 heavy (non-hydrogen) atoms. The summed E-state index contributed by atoms with van der Waals surface area (Å²) in [6.45, 7) is 1.66. The van der Waals surface area contributed by atoms with E-state index in [0.29, 0.717) is 89.4 Å². The molecule has 19 heteroatoms. The second-order valence-electron chi connectivity index (χ2n) is 15.5. The number of phenols is 2. The van der Waals surface area contributed by atoms with Gasteiger partial charge in [0.05, 0.1) is 37.0 Å². The van der Waals surface area contributed by atoms with Gasteiger partial charge in [-0.25, -0.2) is 4.79 Å². The van der Waals surface area contributed by atoms with Gasteiger partial charge in [0.1, 0.15) is 53.2 Å². The molecule has 5 atom stereocenters. The van der Waals surface area contributed by atoms with Crippen LogP contribution in [0, 0.1) is 0 Å². The number of amides is 1. The fourth-order valence-corrected chi connectivity index (χ4v) is 8.32. The number of thiocarbonyl (C=S) groups is 1. The molecule has 3 aliphatic rings. The number of hydrogen-bond acceptors (Lipinski definition) is 15. The van der Waals surface area contributed by atoms with E-state index in [0.717, 1.165) is 11.1 Å².